The van der Waals surface area contributed by atoms with Crippen LogP contribution in [0.5, 0.6) is 0 Å². The number of aryl methyl sites for hydroxylation is 1. The van der Waals surface area contributed by atoms with Crippen molar-refractivity contribution in [2.45, 2.75) is 32.7 Å². The number of nitrogens with zero attached hydrogens (tertiary/aromatic N) is 3. The quantitative estimate of drug-likeness (QED) is 0.732. The zero-order valence-electron chi connectivity index (χ0n) is 15.9. The Hall–Kier alpha value is -2.53. The smallest absolute Gasteiger partial charge is 0.131 e. The summed E-state index contributed by atoms with van der Waals surface area (Å²) in [4.78, 5) is 11.1. The van der Waals surface area contributed by atoms with E-state index in [2.05, 4.69) is 27.1 Å². The zero-order valence-corrected chi connectivity index (χ0v) is 15.9. The fraction of sp³-hybridized carbons (Fsp3) is 0.364. The fourth-order valence-corrected chi connectivity index (χ4v) is 3.97. The van der Waals surface area contributed by atoms with Gasteiger partial charge in [-0.2, -0.15) is 0 Å². The number of aromatic nitrogens is 2. The molecule has 1 fully saturated rings. The van der Waals surface area contributed by atoms with Crippen molar-refractivity contribution < 1.29 is 4.39 Å². The molecule has 0 spiro atoms. The molecule has 1 aliphatic rings. The highest BCUT2D eigenvalue weighted by molar-refractivity contribution is 5.94. The average Bonchev–Trinajstić information content (AvgIpc) is 2.68. The van der Waals surface area contributed by atoms with E-state index in [-0.39, 0.29) is 5.82 Å². The fourth-order valence-electron chi connectivity index (χ4n) is 3.97. The minimum absolute atomic E-state index is 0.201. The van der Waals surface area contributed by atoms with Gasteiger partial charge in [0.15, 0.2) is 0 Å². The summed E-state index contributed by atoms with van der Waals surface area (Å²) in [5.41, 5.74) is 4.28. The van der Waals surface area contributed by atoms with E-state index in [0.29, 0.717) is 11.6 Å². The van der Waals surface area contributed by atoms with Gasteiger partial charge in [0.25, 0.3) is 0 Å². The molecule has 1 saturated heterocycles. The number of hydrogen-bond acceptors (Lipinski definition) is 4. The monoisotopic (exact) mass is 364 g/mol. The number of likely N-dealkylation sites (tertiary alicyclic amines) is 1. The lowest BCUT2D eigenvalue weighted by Gasteiger charge is -2.32. The summed E-state index contributed by atoms with van der Waals surface area (Å²) >= 11 is 0. The van der Waals surface area contributed by atoms with Gasteiger partial charge in [-0.25, -0.2) is 14.4 Å². The molecule has 27 heavy (non-hydrogen) atoms. The van der Waals surface area contributed by atoms with Crippen LogP contribution in [0, 0.1) is 12.7 Å². The molecular weight excluding hydrogens is 339 g/mol. The zero-order chi connectivity index (χ0) is 18.8. The summed E-state index contributed by atoms with van der Waals surface area (Å²) < 4.78 is 14.6. The molecule has 2 heterocycles. The lowest BCUT2D eigenvalue weighted by Crippen LogP contribution is -2.38. The number of fused-ring (bicyclic) bond motifs is 1. The maximum absolute atomic E-state index is 14.6. The van der Waals surface area contributed by atoms with Gasteiger partial charge in [-0.15, -0.1) is 0 Å². The first-order valence-electron chi connectivity index (χ1n) is 9.64. The molecular formula is C22H25FN4. The normalized spacial score (nSPS) is 16.0. The highest BCUT2D eigenvalue weighted by atomic mass is 19.1. The van der Waals surface area contributed by atoms with Gasteiger partial charge in [0, 0.05) is 36.3 Å². The van der Waals surface area contributed by atoms with E-state index < -0.39 is 0 Å². The SMILES string of the molecule is CCN1CCC(Nc2cc(-c3c(C)cccc3F)cc3cncnc23)CC1. The molecule has 0 amide bonds. The van der Waals surface area contributed by atoms with Crippen LogP contribution in [-0.4, -0.2) is 40.5 Å². The van der Waals surface area contributed by atoms with E-state index in [1.165, 1.54) is 6.07 Å². The van der Waals surface area contributed by atoms with E-state index in [0.717, 1.165) is 60.2 Å². The van der Waals surface area contributed by atoms with Crippen LogP contribution in [0.2, 0.25) is 0 Å². The van der Waals surface area contributed by atoms with Gasteiger partial charge in [-0.3, -0.25) is 0 Å². The predicted octanol–water partition coefficient (Wildman–Crippen LogP) is 4.64. The van der Waals surface area contributed by atoms with Crippen LogP contribution < -0.4 is 5.32 Å². The van der Waals surface area contributed by atoms with Crippen molar-refractivity contribution in [3.63, 3.8) is 0 Å². The lowest BCUT2D eigenvalue weighted by molar-refractivity contribution is 0.229. The van der Waals surface area contributed by atoms with Gasteiger partial charge in [0.05, 0.1) is 11.2 Å². The van der Waals surface area contributed by atoms with Crippen molar-refractivity contribution in [3.05, 3.63) is 54.2 Å². The highest BCUT2D eigenvalue weighted by Crippen LogP contribution is 2.33. The summed E-state index contributed by atoms with van der Waals surface area (Å²) in [5.74, 6) is -0.201. The third-order valence-corrected chi connectivity index (χ3v) is 5.51. The Morgan fingerprint density at radius 3 is 2.78 bits per heavy atom. The van der Waals surface area contributed by atoms with Crippen LogP contribution in [0.1, 0.15) is 25.3 Å². The van der Waals surface area contributed by atoms with E-state index in [1.807, 2.05) is 25.1 Å². The summed E-state index contributed by atoms with van der Waals surface area (Å²) in [7, 11) is 0. The van der Waals surface area contributed by atoms with Crippen LogP contribution in [0.3, 0.4) is 0 Å². The van der Waals surface area contributed by atoms with Gasteiger partial charge in [0.2, 0.25) is 0 Å². The van der Waals surface area contributed by atoms with Crippen molar-refractivity contribution in [1.29, 1.82) is 0 Å². The second-order valence-electron chi connectivity index (χ2n) is 7.27. The number of anilines is 1. The molecule has 2 aromatic carbocycles. The molecule has 1 aliphatic heterocycles. The number of halogens is 1. The molecule has 140 valence electrons. The highest BCUT2D eigenvalue weighted by Gasteiger charge is 2.20. The largest absolute Gasteiger partial charge is 0.380 e. The lowest BCUT2D eigenvalue weighted by atomic mass is 9.97. The molecule has 4 rings (SSSR count). The number of benzene rings is 2. The molecule has 1 aromatic heterocycles. The second kappa shape index (κ2) is 7.61. The maximum atomic E-state index is 14.6. The van der Waals surface area contributed by atoms with Crippen LogP contribution >= 0.6 is 0 Å². The molecule has 0 atom stereocenters. The maximum Gasteiger partial charge on any atom is 0.131 e. The van der Waals surface area contributed by atoms with Crippen molar-refractivity contribution in [2.24, 2.45) is 0 Å². The number of piperidine rings is 1. The molecule has 0 bridgehead atoms. The van der Waals surface area contributed by atoms with Crippen molar-refractivity contribution in [3.8, 4) is 11.1 Å². The molecule has 1 N–H and O–H groups in total. The van der Waals surface area contributed by atoms with Crippen LogP contribution in [0.4, 0.5) is 10.1 Å². The molecule has 0 radical (unpaired) electrons. The minimum Gasteiger partial charge on any atom is -0.380 e. The van der Waals surface area contributed by atoms with Gasteiger partial charge < -0.3 is 10.2 Å². The Bertz CT molecular complexity index is 928. The van der Waals surface area contributed by atoms with E-state index in [4.69, 9.17) is 0 Å². The Morgan fingerprint density at radius 1 is 1.22 bits per heavy atom. The Labute approximate surface area is 159 Å². The number of rotatable bonds is 4. The van der Waals surface area contributed by atoms with Crippen molar-refractivity contribution in [1.82, 2.24) is 14.9 Å². The summed E-state index contributed by atoms with van der Waals surface area (Å²) in [6, 6.07) is 9.62. The van der Waals surface area contributed by atoms with E-state index in [1.54, 1.807) is 18.6 Å². The van der Waals surface area contributed by atoms with Gasteiger partial charge in [0.1, 0.15) is 12.1 Å². The Kier molecular flexibility index (Phi) is 5.03. The molecule has 4 nitrogen and oxygen atoms in total. The third-order valence-electron chi connectivity index (χ3n) is 5.51. The Balaban J connectivity index is 1.73. The van der Waals surface area contributed by atoms with Crippen molar-refractivity contribution >= 4 is 16.6 Å². The van der Waals surface area contributed by atoms with Crippen LogP contribution in [0.15, 0.2) is 42.9 Å². The van der Waals surface area contributed by atoms with Crippen molar-refractivity contribution in [2.75, 3.05) is 25.0 Å². The molecule has 0 saturated carbocycles. The molecule has 0 aliphatic carbocycles. The van der Waals surface area contributed by atoms with Crippen LogP contribution in [-0.2, 0) is 0 Å². The topological polar surface area (TPSA) is 41.0 Å². The first-order chi connectivity index (χ1) is 13.2. The molecule has 5 heteroatoms. The van der Waals surface area contributed by atoms with Gasteiger partial charge >= 0.3 is 0 Å². The van der Waals surface area contributed by atoms with Gasteiger partial charge in [-0.05, 0) is 55.6 Å². The van der Waals surface area contributed by atoms with Gasteiger partial charge in [-0.1, -0.05) is 19.1 Å². The Morgan fingerprint density at radius 2 is 2.04 bits per heavy atom. The number of nitrogens with one attached hydrogen (secondary N) is 1. The average molecular weight is 364 g/mol. The standard InChI is InChI=1S/C22H25FN4/c1-3-27-9-7-18(8-10-27)26-20-12-16(11-17-13-24-14-25-22(17)20)21-15(2)5-4-6-19(21)23/h4-6,11-14,18,26H,3,7-10H2,1-2H3. The van der Waals surface area contributed by atoms with E-state index >= 15 is 0 Å². The minimum atomic E-state index is -0.201. The van der Waals surface area contributed by atoms with Crippen LogP contribution in [0.25, 0.3) is 22.0 Å². The first-order valence-corrected chi connectivity index (χ1v) is 9.64. The third kappa shape index (κ3) is 3.65. The second-order valence-corrected chi connectivity index (χ2v) is 7.27. The number of hydrogen-bond donors (Lipinski definition) is 1. The first kappa shape index (κ1) is 17.9. The summed E-state index contributed by atoms with van der Waals surface area (Å²) in [6.45, 7) is 7.46. The summed E-state index contributed by atoms with van der Waals surface area (Å²) in [5, 5.41) is 4.60. The molecule has 3 aromatic rings. The molecule has 0 unspecified atom stereocenters. The summed E-state index contributed by atoms with van der Waals surface area (Å²) in [6.07, 6.45) is 5.57. The van der Waals surface area contributed by atoms with E-state index in [9.17, 15) is 4.39 Å². The predicted molar refractivity (Wildman–Crippen MR) is 108 cm³/mol.